The Bertz CT molecular complexity index is 395. The lowest BCUT2D eigenvalue weighted by atomic mass is 10.1. The number of hydrogen-bond donors (Lipinski definition) is 1. The summed E-state index contributed by atoms with van der Waals surface area (Å²) in [5.74, 6) is 0. The molecule has 2 saturated heterocycles. The van der Waals surface area contributed by atoms with Gasteiger partial charge in [0, 0.05) is 25.4 Å². The highest BCUT2D eigenvalue weighted by atomic mass is 16.5. The highest BCUT2D eigenvalue weighted by Gasteiger charge is 2.16. The van der Waals surface area contributed by atoms with Crippen molar-refractivity contribution >= 4 is 5.69 Å². The van der Waals surface area contributed by atoms with Crippen LogP contribution in [0.1, 0.15) is 31.2 Å². The van der Waals surface area contributed by atoms with Crippen molar-refractivity contribution in [1.82, 2.24) is 4.90 Å². The molecule has 1 aromatic rings. The van der Waals surface area contributed by atoms with E-state index in [9.17, 15) is 0 Å². The molecule has 1 atom stereocenters. The average Bonchev–Trinajstić information content (AvgIpc) is 3.10. The van der Waals surface area contributed by atoms with E-state index >= 15 is 0 Å². The number of benzene rings is 1. The summed E-state index contributed by atoms with van der Waals surface area (Å²) in [7, 11) is 0. The second-order valence-electron chi connectivity index (χ2n) is 5.66. The van der Waals surface area contributed by atoms with E-state index in [0.29, 0.717) is 6.10 Å². The Morgan fingerprint density at radius 1 is 1.16 bits per heavy atom. The van der Waals surface area contributed by atoms with Crippen LogP contribution in [-0.2, 0) is 11.3 Å². The van der Waals surface area contributed by atoms with Gasteiger partial charge in [-0.05, 0) is 50.4 Å². The first kappa shape index (κ1) is 12.9. The number of rotatable bonds is 5. The minimum Gasteiger partial charge on any atom is -0.382 e. The quantitative estimate of drug-likeness (QED) is 0.881. The molecule has 3 nitrogen and oxygen atoms in total. The van der Waals surface area contributed by atoms with E-state index in [2.05, 4.69) is 34.5 Å². The van der Waals surface area contributed by atoms with E-state index in [0.717, 1.165) is 19.7 Å². The summed E-state index contributed by atoms with van der Waals surface area (Å²) in [4.78, 5) is 2.55. The van der Waals surface area contributed by atoms with Crippen molar-refractivity contribution < 1.29 is 4.74 Å². The number of ether oxygens (including phenoxy) is 1. The van der Waals surface area contributed by atoms with E-state index in [-0.39, 0.29) is 0 Å². The third-order valence-corrected chi connectivity index (χ3v) is 4.15. The summed E-state index contributed by atoms with van der Waals surface area (Å²) in [6, 6.07) is 8.70. The van der Waals surface area contributed by atoms with Crippen LogP contribution in [0.3, 0.4) is 0 Å². The van der Waals surface area contributed by atoms with E-state index in [1.54, 1.807) is 0 Å². The predicted octanol–water partition coefficient (Wildman–Crippen LogP) is 2.87. The molecule has 0 radical (unpaired) electrons. The van der Waals surface area contributed by atoms with Gasteiger partial charge in [0.25, 0.3) is 0 Å². The fraction of sp³-hybridized carbons (Fsp3) is 0.625. The maximum atomic E-state index is 5.68. The van der Waals surface area contributed by atoms with Gasteiger partial charge in [-0.25, -0.2) is 0 Å². The first-order valence-electron chi connectivity index (χ1n) is 7.57. The summed E-state index contributed by atoms with van der Waals surface area (Å²) < 4.78 is 5.68. The predicted molar refractivity (Wildman–Crippen MR) is 78.4 cm³/mol. The molecule has 0 aromatic heterocycles. The van der Waals surface area contributed by atoms with Crippen LogP contribution in [0.5, 0.6) is 0 Å². The lowest BCUT2D eigenvalue weighted by Crippen LogP contribution is -2.22. The highest BCUT2D eigenvalue weighted by molar-refractivity contribution is 5.51. The molecule has 0 spiro atoms. The van der Waals surface area contributed by atoms with E-state index in [1.807, 2.05) is 0 Å². The molecule has 3 rings (SSSR count). The summed E-state index contributed by atoms with van der Waals surface area (Å²) in [6.45, 7) is 5.45. The zero-order valence-electron chi connectivity index (χ0n) is 11.6. The Morgan fingerprint density at radius 3 is 2.79 bits per heavy atom. The SMILES string of the molecule is c1ccc(NCC2CCCO2)c(CN2CCCC2)c1. The molecule has 19 heavy (non-hydrogen) atoms. The van der Waals surface area contributed by atoms with Gasteiger partial charge in [0.2, 0.25) is 0 Å². The third-order valence-electron chi connectivity index (χ3n) is 4.15. The molecule has 0 bridgehead atoms. The number of nitrogens with one attached hydrogen (secondary N) is 1. The molecular weight excluding hydrogens is 236 g/mol. The van der Waals surface area contributed by atoms with Crippen LogP contribution in [0.15, 0.2) is 24.3 Å². The Hall–Kier alpha value is -1.06. The summed E-state index contributed by atoms with van der Waals surface area (Å²) in [6.07, 6.45) is 5.51. The molecule has 1 aromatic carbocycles. The van der Waals surface area contributed by atoms with Crippen molar-refractivity contribution in [2.75, 3.05) is 31.6 Å². The number of nitrogens with zero attached hydrogens (tertiary/aromatic N) is 1. The molecular formula is C16H24N2O. The standard InChI is InChI=1S/C16H24N2O/c1-2-8-16(17-12-15-7-5-11-19-15)14(6-1)13-18-9-3-4-10-18/h1-2,6,8,15,17H,3-5,7,9-13H2. The van der Waals surface area contributed by atoms with Gasteiger partial charge in [0.15, 0.2) is 0 Å². The van der Waals surface area contributed by atoms with Gasteiger partial charge >= 0.3 is 0 Å². The fourth-order valence-corrected chi connectivity index (χ4v) is 3.04. The van der Waals surface area contributed by atoms with Gasteiger partial charge in [0.1, 0.15) is 0 Å². The van der Waals surface area contributed by atoms with Gasteiger partial charge in [0.05, 0.1) is 6.10 Å². The largest absolute Gasteiger partial charge is 0.382 e. The number of hydrogen-bond acceptors (Lipinski definition) is 3. The minimum absolute atomic E-state index is 0.403. The minimum atomic E-state index is 0.403. The van der Waals surface area contributed by atoms with Crippen molar-refractivity contribution in [3.8, 4) is 0 Å². The smallest absolute Gasteiger partial charge is 0.0748 e. The molecule has 3 heteroatoms. The van der Waals surface area contributed by atoms with Gasteiger partial charge in [-0.2, -0.15) is 0 Å². The van der Waals surface area contributed by atoms with E-state index in [1.165, 1.54) is 50.0 Å². The third kappa shape index (κ3) is 3.48. The van der Waals surface area contributed by atoms with Crippen LogP contribution in [0, 0.1) is 0 Å². The van der Waals surface area contributed by atoms with E-state index in [4.69, 9.17) is 4.74 Å². The van der Waals surface area contributed by atoms with Crippen LogP contribution >= 0.6 is 0 Å². The number of likely N-dealkylation sites (tertiary alicyclic amines) is 1. The molecule has 1 unspecified atom stereocenters. The van der Waals surface area contributed by atoms with Crippen molar-refractivity contribution in [2.24, 2.45) is 0 Å². The molecule has 2 aliphatic heterocycles. The summed E-state index contributed by atoms with van der Waals surface area (Å²) in [5.41, 5.74) is 2.70. The molecule has 2 heterocycles. The van der Waals surface area contributed by atoms with Crippen molar-refractivity contribution in [3.05, 3.63) is 29.8 Å². The normalized spacial score (nSPS) is 23.9. The first-order valence-corrected chi connectivity index (χ1v) is 7.57. The Kier molecular flexibility index (Phi) is 4.36. The van der Waals surface area contributed by atoms with Gasteiger partial charge in [-0.15, -0.1) is 0 Å². The lowest BCUT2D eigenvalue weighted by molar-refractivity contribution is 0.120. The molecule has 104 valence electrons. The topological polar surface area (TPSA) is 24.5 Å². The molecule has 0 saturated carbocycles. The zero-order chi connectivity index (χ0) is 12.9. The second-order valence-corrected chi connectivity index (χ2v) is 5.66. The monoisotopic (exact) mass is 260 g/mol. The number of para-hydroxylation sites is 1. The molecule has 0 aliphatic carbocycles. The van der Waals surface area contributed by atoms with Crippen LogP contribution in [0.25, 0.3) is 0 Å². The van der Waals surface area contributed by atoms with Crippen molar-refractivity contribution in [1.29, 1.82) is 0 Å². The molecule has 1 N–H and O–H groups in total. The first-order chi connectivity index (χ1) is 9.42. The lowest BCUT2D eigenvalue weighted by Gasteiger charge is -2.19. The van der Waals surface area contributed by atoms with Crippen LogP contribution in [0.2, 0.25) is 0 Å². The van der Waals surface area contributed by atoms with Gasteiger partial charge < -0.3 is 10.1 Å². The second kappa shape index (κ2) is 6.40. The molecule has 2 fully saturated rings. The fourth-order valence-electron chi connectivity index (χ4n) is 3.04. The van der Waals surface area contributed by atoms with Gasteiger partial charge in [-0.1, -0.05) is 18.2 Å². The van der Waals surface area contributed by atoms with Crippen LogP contribution < -0.4 is 5.32 Å². The summed E-state index contributed by atoms with van der Waals surface area (Å²) in [5, 5.41) is 3.58. The maximum absolute atomic E-state index is 5.68. The Morgan fingerprint density at radius 2 is 2.00 bits per heavy atom. The van der Waals surface area contributed by atoms with Gasteiger partial charge in [-0.3, -0.25) is 4.90 Å². The highest BCUT2D eigenvalue weighted by Crippen LogP contribution is 2.21. The maximum Gasteiger partial charge on any atom is 0.0748 e. The van der Waals surface area contributed by atoms with Crippen LogP contribution in [0.4, 0.5) is 5.69 Å². The van der Waals surface area contributed by atoms with Crippen molar-refractivity contribution in [3.63, 3.8) is 0 Å². The van der Waals surface area contributed by atoms with Crippen LogP contribution in [-0.4, -0.2) is 37.2 Å². The Balaban J connectivity index is 1.59. The molecule has 0 amide bonds. The molecule has 2 aliphatic rings. The van der Waals surface area contributed by atoms with E-state index < -0.39 is 0 Å². The van der Waals surface area contributed by atoms with Crippen molar-refractivity contribution in [2.45, 2.75) is 38.3 Å². The zero-order valence-corrected chi connectivity index (χ0v) is 11.6. The number of anilines is 1. The summed E-state index contributed by atoms with van der Waals surface area (Å²) >= 11 is 0. The average molecular weight is 260 g/mol. The Labute approximate surface area is 115 Å².